The number of carbonyl (C=O) groups is 4. The molecule has 72 heavy (non-hydrogen) atoms. The first-order valence-electron chi connectivity index (χ1n) is 23.5. The lowest BCUT2D eigenvalue weighted by molar-refractivity contribution is 0.0670. The highest BCUT2D eigenvalue weighted by Gasteiger charge is 2.64. The lowest BCUT2D eigenvalue weighted by Gasteiger charge is -2.36. The van der Waals surface area contributed by atoms with Crippen molar-refractivity contribution in [1.29, 1.82) is 0 Å². The lowest BCUT2D eigenvalue weighted by Crippen LogP contribution is -2.55. The Bertz CT molecular complexity index is 2770. The Balaban J connectivity index is 0.000000211. The molecule has 0 unspecified atom stereocenters. The van der Waals surface area contributed by atoms with E-state index in [4.69, 9.17) is 23.2 Å². The van der Waals surface area contributed by atoms with Crippen LogP contribution in [0.25, 0.3) is 0 Å². The number of fused-ring (bicyclic) bond motifs is 2. The number of sulfone groups is 2. The number of nitrogens with zero attached hydrogens (tertiary/aromatic N) is 6. The highest BCUT2D eigenvalue weighted by atomic mass is 35.5. The molecule has 6 N–H and O–H groups in total. The van der Waals surface area contributed by atoms with Gasteiger partial charge in [-0.3, -0.25) is 28.5 Å². The van der Waals surface area contributed by atoms with Crippen LogP contribution >= 0.6 is 23.2 Å². The van der Waals surface area contributed by atoms with Crippen LogP contribution < -0.4 is 10.6 Å². The van der Waals surface area contributed by atoms with Crippen molar-refractivity contribution in [2.24, 2.45) is 14.1 Å². The maximum absolute atomic E-state index is 13.4. The van der Waals surface area contributed by atoms with E-state index in [1.165, 1.54) is 46.9 Å². The second-order valence-corrected chi connectivity index (χ2v) is 26.9. The zero-order valence-electron chi connectivity index (χ0n) is 41.0. The predicted octanol–water partition coefficient (Wildman–Crippen LogP) is 2.16. The summed E-state index contributed by atoms with van der Waals surface area (Å²) in [5.74, 6) is -1.57. The van der Waals surface area contributed by atoms with Gasteiger partial charge in [-0.1, -0.05) is 47.5 Å². The number of benzene rings is 2. The highest BCUT2D eigenvalue weighted by molar-refractivity contribution is 7.94. The van der Waals surface area contributed by atoms with Gasteiger partial charge in [-0.15, -0.1) is 0 Å². The molecule has 0 radical (unpaired) electrons. The molecular weight excluding hydrogens is 1020 g/mol. The van der Waals surface area contributed by atoms with Crippen molar-refractivity contribution in [3.8, 4) is 0 Å². The summed E-state index contributed by atoms with van der Waals surface area (Å²) in [5, 5.41) is 54.4. The molecule has 2 aliphatic carbocycles. The van der Waals surface area contributed by atoms with E-state index in [0.29, 0.717) is 59.7 Å². The van der Waals surface area contributed by atoms with Crippen LogP contribution in [0, 0.1) is 0 Å². The van der Waals surface area contributed by atoms with E-state index in [-0.39, 0.29) is 73.9 Å². The molecule has 2 aromatic carbocycles. The van der Waals surface area contributed by atoms with E-state index in [1.54, 1.807) is 62.6 Å². The number of halogens is 2. The van der Waals surface area contributed by atoms with Crippen LogP contribution in [-0.4, -0.2) is 161 Å². The monoisotopic (exact) mass is 1080 g/mol. The number of carbonyl (C=O) groups excluding carboxylic acids is 4. The number of amides is 4. The third-order valence-electron chi connectivity index (χ3n) is 14.7. The second-order valence-electron chi connectivity index (χ2n) is 20.1. The fraction of sp³-hybridized carbons (Fsp3) is 0.542. The van der Waals surface area contributed by atoms with Gasteiger partial charge >= 0.3 is 0 Å². The molecule has 2 aliphatic heterocycles. The molecule has 24 heteroatoms. The van der Waals surface area contributed by atoms with E-state index in [2.05, 4.69) is 20.8 Å². The summed E-state index contributed by atoms with van der Waals surface area (Å²) in [5.41, 5.74) is 3.69. The first-order chi connectivity index (χ1) is 33.7. The Labute approximate surface area is 428 Å². The molecule has 0 saturated heterocycles. The van der Waals surface area contributed by atoms with Crippen LogP contribution in [0.1, 0.15) is 118 Å². The summed E-state index contributed by atoms with van der Waals surface area (Å²) in [6.07, 6.45) is -0.665. The number of rotatable bonds is 18. The number of nitrogens with one attached hydrogen (secondary N) is 2. The molecule has 8 rings (SSSR count). The molecule has 2 fully saturated rings. The topological polar surface area (TPSA) is 284 Å². The first-order valence-corrected chi connectivity index (χ1v) is 27.2. The molecule has 4 aliphatic rings. The Hall–Kier alpha value is -4.94. The molecule has 2 atom stereocenters. The molecular formula is C48H62Cl2N8O12S2. The SMILES string of the molecule is Cn1nc(C(=O)NCc2ccc(Cl)cc2)c2c1C(=O)N(CC1(S(=O)(=O)C(C)(C)[C@@H](O)CO)CC1)CC2.Cn1nc(C(=O)NCc2ccc(Cl)cc2)c2c1C(=O)N(CC1(S(=O)(=O)C(C)(C)[C@H](O)CO)CC1)CC2. The van der Waals surface area contributed by atoms with Gasteiger partial charge in [0.25, 0.3) is 23.6 Å². The van der Waals surface area contributed by atoms with Crippen molar-refractivity contribution < 1.29 is 56.4 Å². The molecule has 2 saturated carbocycles. The molecule has 2 aromatic heterocycles. The highest BCUT2D eigenvalue weighted by Crippen LogP contribution is 2.51. The summed E-state index contributed by atoms with van der Waals surface area (Å²) in [4.78, 5) is 55.5. The summed E-state index contributed by atoms with van der Waals surface area (Å²) >= 11 is 11.8. The van der Waals surface area contributed by atoms with Crippen LogP contribution in [0.3, 0.4) is 0 Å². The normalized spacial score (nSPS) is 18.1. The van der Waals surface area contributed by atoms with Gasteiger partial charge in [-0.25, -0.2) is 16.8 Å². The van der Waals surface area contributed by atoms with E-state index in [0.717, 1.165) is 11.1 Å². The van der Waals surface area contributed by atoms with E-state index < -0.39 is 75.9 Å². The average Bonchev–Trinajstić information content (AvgIpc) is 4.26. The Kier molecular flexibility index (Phi) is 15.5. The number of aryl methyl sites for hydroxylation is 2. The summed E-state index contributed by atoms with van der Waals surface area (Å²) in [6, 6.07) is 14.2. The second kappa shape index (κ2) is 20.4. The van der Waals surface area contributed by atoms with E-state index in [1.807, 2.05) is 0 Å². The largest absolute Gasteiger partial charge is 0.394 e. The third kappa shape index (κ3) is 10.0. The molecule has 392 valence electrons. The van der Waals surface area contributed by atoms with Gasteiger partial charge in [0.05, 0.1) is 44.4 Å². The lowest BCUT2D eigenvalue weighted by atomic mass is 10.0. The van der Waals surface area contributed by atoms with Crippen LogP contribution in [0.2, 0.25) is 10.0 Å². The van der Waals surface area contributed by atoms with E-state index in [9.17, 15) is 56.4 Å². The summed E-state index contributed by atoms with van der Waals surface area (Å²) < 4.78 is 51.0. The minimum absolute atomic E-state index is 0.0154. The number of aliphatic hydroxyl groups excluding tert-OH is 4. The van der Waals surface area contributed by atoms with Gasteiger partial charge in [0.2, 0.25) is 0 Å². The van der Waals surface area contributed by atoms with Gasteiger partial charge < -0.3 is 40.9 Å². The van der Waals surface area contributed by atoms with Crippen LogP contribution in [0.15, 0.2) is 48.5 Å². The standard InChI is InChI=1S/2C24H31ClN4O6S/c2*1-23(2,18(31)13-30)36(34,35)24(9-10-24)14-29-11-8-17-19(27-28(3)20(17)22(29)33)21(32)26-12-15-4-6-16(25)7-5-15/h2*4-7,18,30-31H,8-14H2,1-3H3,(H,26,32)/t2*18-/m10/s1. The van der Waals surface area contributed by atoms with Crippen LogP contribution in [0.4, 0.5) is 0 Å². The molecule has 4 aromatic rings. The zero-order chi connectivity index (χ0) is 52.9. The Morgan fingerprint density at radius 1 is 0.639 bits per heavy atom. The molecule has 20 nitrogen and oxygen atoms in total. The van der Waals surface area contributed by atoms with Crippen molar-refractivity contribution >= 4 is 66.5 Å². The summed E-state index contributed by atoms with van der Waals surface area (Å²) in [7, 11) is -4.62. The zero-order valence-corrected chi connectivity index (χ0v) is 44.1. The van der Waals surface area contributed by atoms with Crippen LogP contribution in [-0.2, 0) is 59.7 Å². The smallest absolute Gasteiger partial charge is 0.272 e. The first kappa shape index (κ1) is 54.8. The Morgan fingerprint density at radius 3 is 1.25 bits per heavy atom. The third-order valence-corrected chi connectivity index (χ3v) is 21.9. The number of hydrogen-bond acceptors (Lipinski definition) is 14. The fourth-order valence-corrected chi connectivity index (χ4v) is 14.7. The minimum atomic E-state index is -3.89. The van der Waals surface area contributed by atoms with Gasteiger partial charge in [0.15, 0.2) is 31.1 Å². The molecule has 4 heterocycles. The summed E-state index contributed by atoms with van der Waals surface area (Å²) in [6.45, 7) is 5.25. The Morgan fingerprint density at radius 2 is 0.958 bits per heavy atom. The number of aliphatic hydroxyl groups is 4. The fourth-order valence-electron chi connectivity index (χ4n) is 9.46. The quantitative estimate of drug-likeness (QED) is 0.0834. The van der Waals surface area contributed by atoms with E-state index >= 15 is 0 Å². The average molecular weight is 1080 g/mol. The minimum Gasteiger partial charge on any atom is -0.394 e. The van der Waals surface area contributed by atoms with Crippen molar-refractivity contribution in [3.63, 3.8) is 0 Å². The van der Waals surface area contributed by atoms with Gasteiger partial charge in [0.1, 0.15) is 11.4 Å². The predicted molar refractivity (Wildman–Crippen MR) is 267 cm³/mol. The maximum Gasteiger partial charge on any atom is 0.272 e. The molecule has 0 spiro atoms. The molecule has 0 bridgehead atoms. The number of hydrogen-bond donors (Lipinski definition) is 6. The van der Waals surface area contributed by atoms with Crippen molar-refractivity contribution in [3.05, 3.63) is 104 Å². The molecule has 4 amide bonds. The number of aromatic nitrogens is 4. The van der Waals surface area contributed by atoms with Crippen molar-refractivity contribution in [2.75, 3.05) is 39.4 Å². The van der Waals surface area contributed by atoms with Crippen molar-refractivity contribution in [2.45, 2.75) is 111 Å². The maximum atomic E-state index is 13.4. The van der Waals surface area contributed by atoms with Gasteiger partial charge in [-0.05, 0) is 102 Å². The van der Waals surface area contributed by atoms with Gasteiger partial charge in [-0.2, -0.15) is 10.2 Å². The van der Waals surface area contributed by atoms with Crippen molar-refractivity contribution in [1.82, 2.24) is 40.0 Å². The van der Waals surface area contributed by atoms with Gasteiger partial charge in [0, 0.05) is 74.5 Å². The van der Waals surface area contributed by atoms with Crippen LogP contribution in [0.5, 0.6) is 0 Å².